The van der Waals surface area contributed by atoms with Crippen LogP contribution in [0, 0.1) is 30.3 Å². The lowest BCUT2D eigenvalue weighted by Crippen LogP contribution is -2.30. The van der Waals surface area contributed by atoms with Crippen molar-refractivity contribution in [3.8, 4) is 0 Å². The second kappa shape index (κ2) is 10.7. The summed E-state index contributed by atoms with van der Waals surface area (Å²) in [5.41, 5.74) is 2.50. The zero-order valence-corrected chi connectivity index (χ0v) is 13.4. The smallest absolute Gasteiger partial charge is 0.294 e. The number of hydrazine groups is 1. The van der Waals surface area contributed by atoms with Crippen molar-refractivity contribution in [3.05, 3.63) is 60.8 Å². The van der Waals surface area contributed by atoms with Crippen molar-refractivity contribution in [1.29, 1.82) is 0 Å². The average Bonchev–Trinajstić information content (AvgIpc) is 2.63. The number of nitrogens with one attached hydrogen (secondary N) is 1. The molecule has 1 heterocycles. The number of nitrogens with zero attached hydrogens (tertiary/aromatic N) is 5. The van der Waals surface area contributed by atoms with Gasteiger partial charge in [0.2, 0.25) is 0 Å². The predicted octanol–water partition coefficient (Wildman–Crippen LogP) is -0.105. The van der Waals surface area contributed by atoms with E-state index in [2.05, 4.69) is 30.1 Å². The first kappa shape index (κ1) is 21.0. The highest BCUT2D eigenvalue weighted by atomic mass is 17.0. The summed E-state index contributed by atoms with van der Waals surface area (Å²) in [5, 5.41) is 35.2. The Balaban J connectivity index is 0.000000274. The van der Waals surface area contributed by atoms with Crippen molar-refractivity contribution < 1.29 is 29.8 Å². The maximum Gasteiger partial charge on any atom is 0.294 e. The van der Waals surface area contributed by atoms with E-state index in [1.807, 2.05) is 24.3 Å². The van der Waals surface area contributed by atoms with Crippen LogP contribution in [0.5, 0.6) is 0 Å². The molecule has 0 aliphatic heterocycles. The number of aromatic nitrogens is 2. The molecule has 0 aliphatic carbocycles. The fraction of sp³-hybridized carbons (Fsp3) is 0.273. The molecule has 3 N–H and O–H groups in total. The summed E-state index contributed by atoms with van der Waals surface area (Å²) < 4.78 is 0. The molecule has 1 aromatic heterocycles. The first-order valence-electron chi connectivity index (χ1n) is 6.86. The van der Waals surface area contributed by atoms with Gasteiger partial charge in [-0.2, -0.15) is 5.10 Å². The third kappa shape index (κ3) is 8.03. The summed E-state index contributed by atoms with van der Waals surface area (Å²) >= 11 is 0. The van der Waals surface area contributed by atoms with E-state index in [0.29, 0.717) is 5.82 Å². The molecular formula is C11H13N7O9. The number of hydrogen-bond donors (Lipinski definition) is 2. The fourth-order valence-electron chi connectivity index (χ4n) is 1.65. The minimum atomic E-state index is -1.55. The summed E-state index contributed by atoms with van der Waals surface area (Å²) in [4.78, 5) is 40.5. The molecular weight excluding hydrogens is 374 g/mol. The van der Waals surface area contributed by atoms with Gasteiger partial charge in [0.25, 0.3) is 15.3 Å². The van der Waals surface area contributed by atoms with Gasteiger partial charge >= 0.3 is 0 Å². The monoisotopic (exact) mass is 387 g/mol. The van der Waals surface area contributed by atoms with E-state index in [9.17, 15) is 30.3 Å². The van der Waals surface area contributed by atoms with E-state index in [1.54, 1.807) is 6.20 Å². The highest BCUT2D eigenvalue weighted by Crippen LogP contribution is 2.17. The van der Waals surface area contributed by atoms with Crippen LogP contribution < -0.4 is 11.3 Å². The molecule has 0 unspecified atom stereocenters. The fourth-order valence-corrected chi connectivity index (χ4v) is 1.65. The normalized spacial score (nSPS) is 9.70. The van der Waals surface area contributed by atoms with Gasteiger partial charge in [-0.05, 0) is 0 Å². The molecule has 0 atom stereocenters. The SMILES string of the molecule is NNc1nncc2ccccc12.O=[N+]([O-])OCC(CO[N+](=O)[O-])O[N+](=O)[O-]. The standard InChI is InChI=1S/C8H8N4.C3H5N3O9/c9-11-8-7-4-2-1-3-6(7)5-10-12-8;7-4(8)13-1-3(15-6(11)12)2-14-5(9)10/h1-5H,9H2,(H,11,12);3H,1-2H2. The first-order valence-corrected chi connectivity index (χ1v) is 6.86. The Labute approximate surface area is 149 Å². The summed E-state index contributed by atoms with van der Waals surface area (Å²) in [7, 11) is 0. The van der Waals surface area contributed by atoms with Crippen molar-refractivity contribution in [2.45, 2.75) is 6.10 Å². The van der Waals surface area contributed by atoms with E-state index in [-0.39, 0.29) is 0 Å². The zero-order valence-electron chi connectivity index (χ0n) is 13.4. The molecule has 0 saturated heterocycles. The molecule has 0 fully saturated rings. The van der Waals surface area contributed by atoms with Gasteiger partial charge in [-0.3, -0.25) is 0 Å². The molecule has 16 nitrogen and oxygen atoms in total. The van der Waals surface area contributed by atoms with Crippen LogP contribution in [0.25, 0.3) is 10.8 Å². The lowest BCUT2D eigenvalue weighted by molar-refractivity contribution is -0.803. The lowest BCUT2D eigenvalue weighted by Gasteiger charge is -2.11. The van der Waals surface area contributed by atoms with Gasteiger partial charge in [0, 0.05) is 10.8 Å². The van der Waals surface area contributed by atoms with E-state index in [4.69, 9.17) is 5.84 Å². The third-order valence-electron chi connectivity index (χ3n) is 2.67. The Bertz CT molecular complexity index is 766. The van der Waals surface area contributed by atoms with Gasteiger partial charge in [0.1, 0.15) is 13.2 Å². The molecule has 2 aromatic rings. The summed E-state index contributed by atoms with van der Waals surface area (Å²) in [6, 6.07) is 7.79. The van der Waals surface area contributed by atoms with Gasteiger partial charge in [-0.15, -0.1) is 35.4 Å². The highest BCUT2D eigenvalue weighted by Gasteiger charge is 2.17. The third-order valence-corrected chi connectivity index (χ3v) is 2.67. The maximum atomic E-state index is 9.83. The van der Waals surface area contributed by atoms with E-state index >= 15 is 0 Å². The number of anilines is 1. The number of nitrogen functional groups attached to an aromatic ring is 1. The van der Waals surface area contributed by atoms with Crippen LogP contribution in [-0.4, -0.2) is 44.8 Å². The first-order chi connectivity index (χ1) is 12.8. The van der Waals surface area contributed by atoms with Crippen molar-refractivity contribution in [3.63, 3.8) is 0 Å². The Morgan fingerprint density at radius 2 is 1.63 bits per heavy atom. The maximum absolute atomic E-state index is 9.83. The van der Waals surface area contributed by atoms with E-state index in [1.165, 1.54) is 0 Å². The molecule has 0 bridgehead atoms. The molecule has 1 aromatic carbocycles. The van der Waals surface area contributed by atoms with Crippen molar-refractivity contribution >= 4 is 16.6 Å². The van der Waals surface area contributed by atoms with E-state index < -0.39 is 34.6 Å². The molecule has 0 radical (unpaired) electrons. The van der Waals surface area contributed by atoms with Gasteiger partial charge < -0.3 is 19.9 Å². The predicted molar refractivity (Wildman–Crippen MR) is 85.1 cm³/mol. The Hall–Kier alpha value is -4.08. The quantitative estimate of drug-likeness (QED) is 0.326. The average molecular weight is 387 g/mol. The topological polar surface area (TPSA) is 221 Å². The van der Waals surface area contributed by atoms with Gasteiger partial charge in [-0.25, -0.2) is 5.84 Å². The highest BCUT2D eigenvalue weighted by molar-refractivity contribution is 5.90. The van der Waals surface area contributed by atoms with Crippen LogP contribution in [-0.2, 0) is 14.5 Å². The van der Waals surface area contributed by atoms with Gasteiger partial charge in [0.05, 0.1) is 6.20 Å². The second-order valence-electron chi connectivity index (χ2n) is 4.41. The van der Waals surface area contributed by atoms with Gasteiger partial charge in [-0.1, -0.05) is 24.3 Å². The van der Waals surface area contributed by atoms with Crippen LogP contribution in [0.1, 0.15) is 0 Å². The Kier molecular flexibility index (Phi) is 8.32. The molecule has 16 heteroatoms. The second-order valence-corrected chi connectivity index (χ2v) is 4.41. The number of nitrogens with two attached hydrogens (primary N) is 1. The number of benzene rings is 1. The summed E-state index contributed by atoms with van der Waals surface area (Å²) in [6.07, 6.45) is 0.159. The molecule has 0 spiro atoms. The Morgan fingerprint density at radius 1 is 1.04 bits per heavy atom. The number of hydrogen-bond acceptors (Lipinski definition) is 13. The minimum Gasteiger partial charge on any atom is -0.311 e. The van der Waals surface area contributed by atoms with Crippen molar-refractivity contribution in [2.75, 3.05) is 18.6 Å². The van der Waals surface area contributed by atoms with Crippen LogP contribution in [0.2, 0.25) is 0 Å². The van der Waals surface area contributed by atoms with Crippen LogP contribution in [0.3, 0.4) is 0 Å². The van der Waals surface area contributed by atoms with Crippen LogP contribution >= 0.6 is 0 Å². The molecule has 0 aliphatic rings. The molecule has 27 heavy (non-hydrogen) atoms. The molecule has 0 saturated carbocycles. The molecule has 2 rings (SSSR count). The summed E-state index contributed by atoms with van der Waals surface area (Å²) in [6.45, 7) is -1.69. The number of fused-ring (bicyclic) bond motifs is 1. The molecule has 0 amide bonds. The zero-order chi connectivity index (χ0) is 20.2. The van der Waals surface area contributed by atoms with E-state index in [0.717, 1.165) is 10.8 Å². The van der Waals surface area contributed by atoms with Crippen LogP contribution in [0.15, 0.2) is 30.5 Å². The minimum absolute atomic E-state index is 0.605. The van der Waals surface area contributed by atoms with Crippen molar-refractivity contribution in [1.82, 2.24) is 10.2 Å². The van der Waals surface area contributed by atoms with Crippen LogP contribution in [0.4, 0.5) is 5.82 Å². The van der Waals surface area contributed by atoms with Gasteiger partial charge in [0.15, 0.2) is 11.9 Å². The van der Waals surface area contributed by atoms with Crippen molar-refractivity contribution in [2.24, 2.45) is 5.84 Å². The Morgan fingerprint density at radius 3 is 2.15 bits per heavy atom. The molecule has 146 valence electrons. The lowest BCUT2D eigenvalue weighted by atomic mass is 10.2. The summed E-state index contributed by atoms with van der Waals surface area (Å²) in [5.74, 6) is 5.87. The largest absolute Gasteiger partial charge is 0.311 e. The number of rotatable bonds is 9.